The van der Waals surface area contributed by atoms with Crippen molar-refractivity contribution in [1.82, 2.24) is 9.29 Å². The zero-order valence-corrected chi connectivity index (χ0v) is 11.4. The van der Waals surface area contributed by atoms with Crippen LogP contribution in [-0.4, -0.2) is 49.4 Å². The second-order valence-electron chi connectivity index (χ2n) is 3.90. The number of primary amides is 1. The van der Waals surface area contributed by atoms with Crippen LogP contribution in [0.5, 0.6) is 0 Å². The fourth-order valence-electron chi connectivity index (χ4n) is 1.79. The maximum atomic E-state index is 12.5. The molecule has 0 spiro atoms. The number of pyridine rings is 1. The number of carbonyl (C=O) groups excluding carboxylic acids is 1. The zero-order valence-electron chi connectivity index (χ0n) is 9.82. The number of sulfonamides is 1. The molecule has 0 saturated carbocycles. The van der Waals surface area contributed by atoms with Crippen LogP contribution in [0.4, 0.5) is 0 Å². The van der Waals surface area contributed by atoms with Crippen molar-refractivity contribution in [3.05, 3.63) is 23.5 Å². The molecule has 2 heterocycles. The molecular weight excluding hydrogens is 294 g/mol. The minimum atomic E-state index is -3.93. The average Bonchev–Trinajstić information content (AvgIpc) is 2.39. The molecule has 1 aromatic rings. The third kappa shape index (κ3) is 2.71. The van der Waals surface area contributed by atoms with Crippen LogP contribution in [-0.2, 0) is 19.6 Å². The highest BCUT2D eigenvalue weighted by Crippen LogP contribution is 2.25. The van der Waals surface area contributed by atoms with Crippen molar-refractivity contribution in [3.8, 4) is 0 Å². The Hall–Kier alpha value is -1.22. The summed E-state index contributed by atoms with van der Waals surface area (Å²) < 4.78 is 31.0. The van der Waals surface area contributed by atoms with Crippen molar-refractivity contribution in [3.63, 3.8) is 0 Å². The fraction of sp³-hybridized carbons (Fsp3) is 0.400. The van der Waals surface area contributed by atoms with Crippen molar-refractivity contribution < 1.29 is 17.9 Å². The summed E-state index contributed by atoms with van der Waals surface area (Å²) in [4.78, 5) is 14.9. The number of nitrogens with zero attached hydrogens (tertiary/aromatic N) is 2. The van der Waals surface area contributed by atoms with E-state index < -0.39 is 22.0 Å². The van der Waals surface area contributed by atoms with Gasteiger partial charge < -0.3 is 10.5 Å². The number of halogens is 1. The molecule has 1 atom stereocenters. The van der Waals surface area contributed by atoms with Crippen molar-refractivity contribution >= 4 is 27.5 Å². The van der Waals surface area contributed by atoms with Crippen LogP contribution in [0.3, 0.4) is 0 Å². The predicted octanol–water partition coefficient (Wildman–Crippen LogP) is -0.390. The minimum Gasteiger partial charge on any atom is -0.378 e. The molecule has 19 heavy (non-hydrogen) atoms. The first-order chi connectivity index (χ1) is 8.94. The highest BCUT2D eigenvalue weighted by atomic mass is 35.5. The quantitative estimate of drug-likeness (QED) is 0.766. The molecule has 0 bridgehead atoms. The molecule has 0 aliphatic carbocycles. The van der Waals surface area contributed by atoms with Gasteiger partial charge in [-0.3, -0.25) is 4.79 Å². The smallest absolute Gasteiger partial charge is 0.247 e. The summed E-state index contributed by atoms with van der Waals surface area (Å²) in [7, 11) is -3.93. The van der Waals surface area contributed by atoms with E-state index in [0.717, 1.165) is 4.31 Å². The lowest BCUT2D eigenvalue weighted by atomic mass is 10.3. The molecule has 1 unspecified atom stereocenters. The topological polar surface area (TPSA) is 103 Å². The SMILES string of the molecule is NC(=O)C1COCCN1S(=O)(=O)c1cccnc1Cl. The Morgan fingerprint density at radius 2 is 2.32 bits per heavy atom. The lowest BCUT2D eigenvalue weighted by Crippen LogP contribution is -2.54. The third-order valence-electron chi connectivity index (χ3n) is 2.72. The maximum absolute atomic E-state index is 12.5. The van der Waals surface area contributed by atoms with Gasteiger partial charge in [-0.1, -0.05) is 11.6 Å². The summed E-state index contributed by atoms with van der Waals surface area (Å²) in [5.41, 5.74) is 5.20. The van der Waals surface area contributed by atoms with Gasteiger partial charge in [-0.15, -0.1) is 0 Å². The molecular formula is C10H12ClN3O4S. The minimum absolute atomic E-state index is 0.0428. The predicted molar refractivity (Wildman–Crippen MR) is 66.9 cm³/mol. The van der Waals surface area contributed by atoms with Gasteiger partial charge in [0, 0.05) is 12.7 Å². The van der Waals surface area contributed by atoms with Crippen molar-refractivity contribution in [1.29, 1.82) is 0 Å². The first kappa shape index (κ1) is 14.2. The molecule has 0 aromatic carbocycles. The van der Waals surface area contributed by atoms with Crippen molar-refractivity contribution in [2.45, 2.75) is 10.9 Å². The summed E-state index contributed by atoms with van der Waals surface area (Å²) >= 11 is 5.79. The van der Waals surface area contributed by atoms with Crippen molar-refractivity contribution in [2.24, 2.45) is 5.73 Å². The first-order valence-electron chi connectivity index (χ1n) is 5.44. The molecule has 2 N–H and O–H groups in total. The van der Waals surface area contributed by atoms with Crippen molar-refractivity contribution in [2.75, 3.05) is 19.8 Å². The van der Waals surface area contributed by atoms with E-state index in [0.29, 0.717) is 0 Å². The van der Waals surface area contributed by atoms with E-state index in [1.807, 2.05) is 0 Å². The Morgan fingerprint density at radius 3 is 2.95 bits per heavy atom. The molecule has 1 aliphatic heterocycles. The van der Waals surface area contributed by atoms with Gasteiger partial charge in [0.2, 0.25) is 15.9 Å². The Morgan fingerprint density at radius 1 is 1.58 bits per heavy atom. The number of amides is 1. The van der Waals surface area contributed by atoms with Gasteiger partial charge in [0.1, 0.15) is 16.1 Å². The number of nitrogens with two attached hydrogens (primary N) is 1. The molecule has 1 aliphatic rings. The van der Waals surface area contributed by atoms with Crippen LogP contribution in [0, 0.1) is 0 Å². The van der Waals surface area contributed by atoms with Gasteiger partial charge in [-0.25, -0.2) is 13.4 Å². The van der Waals surface area contributed by atoms with Gasteiger partial charge >= 0.3 is 0 Å². The van der Waals surface area contributed by atoms with Crippen LogP contribution in [0.1, 0.15) is 0 Å². The summed E-state index contributed by atoms with van der Waals surface area (Å²) in [6.45, 7) is 0.175. The fourth-order valence-corrected chi connectivity index (χ4v) is 3.79. The van der Waals surface area contributed by atoms with Gasteiger partial charge in [-0.05, 0) is 12.1 Å². The van der Waals surface area contributed by atoms with Crippen LogP contribution >= 0.6 is 11.6 Å². The Labute approximate surface area is 115 Å². The first-order valence-corrected chi connectivity index (χ1v) is 7.26. The standard InChI is InChI=1S/C10H12ClN3O4S/c11-9-8(2-1-3-13-9)19(16,17)14-4-5-18-6-7(14)10(12)15/h1-3,7H,4-6H2,(H2,12,15). The highest BCUT2D eigenvalue weighted by Gasteiger charge is 2.38. The summed E-state index contributed by atoms with van der Waals surface area (Å²) in [5, 5.41) is -0.141. The van der Waals surface area contributed by atoms with Gasteiger partial charge in [0.15, 0.2) is 0 Å². The normalized spacial score (nSPS) is 21.2. The molecule has 1 aromatic heterocycles. The van der Waals surface area contributed by atoms with Gasteiger partial charge in [0.05, 0.1) is 13.2 Å². The highest BCUT2D eigenvalue weighted by molar-refractivity contribution is 7.89. The third-order valence-corrected chi connectivity index (χ3v) is 5.07. The Kier molecular flexibility index (Phi) is 4.04. The maximum Gasteiger partial charge on any atom is 0.247 e. The van der Waals surface area contributed by atoms with Gasteiger partial charge in [-0.2, -0.15) is 4.31 Å². The lowest BCUT2D eigenvalue weighted by molar-refractivity contribution is -0.125. The second kappa shape index (κ2) is 5.41. The van der Waals surface area contributed by atoms with E-state index in [9.17, 15) is 13.2 Å². The summed E-state index contributed by atoms with van der Waals surface area (Å²) in [6.07, 6.45) is 1.38. The Bertz CT molecular complexity index is 592. The van der Waals surface area contributed by atoms with Crippen LogP contribution in [0.2, 0.25) is 5.15 Å². The van der Waals surface area contributed by atoms with Crippen LogP contribution in [0.25, 0.3) is 0 Å². The van der Waals surface area contributed by atoms with Crippen LogP contribution < -0.4 is 5.73 Å². The lowest BCUT2D eigenvalue weighted by Gasteiger charge is -2.32. The molecule has 7 nitrogen and oxygen atoms in total. The number of hydrogen-bond donors (Lipinski definition) is 1. The molecule has 1 amide bonds. The summed E-state index contributed by atoms with van der Waals surface area (Å²) in [6, 6.07) is 1.76. The zero-order chi connectivity index (χ0) is 14.0. The monoisotopic (exact) mass is 305 g/mol. The molecule has 1 saturated heterocycles. The number of carbonyl (C=O) groups is 1. The largest absolute Gasteiger partial charge is 0.378 e. The number of hydrogen-bond acceptors (Lipinski definition) is 5. The van der Waals surface area contributed by atoms with E-state index >= 15 is 0 Å². The van der Waals surface area contributed by atoms with E-state index in [-0.39, 0.29) is 29.8 Å². The number of aromatic nitrogens is 1. The Balaban J connectivity index is 2.43. The van der Waals surface area contributed by atoms with Crippen LogP contribution in [0.15, 0.2) is 23.2 Å². The van der Waals surface area contributed by atoms with E-state index in [1.165, 1.54) is 18.3 Å². The molecule has 104 valence electrons. The number of rotatable bonds is 3. The molecule has 9 heteroatoms. The van der Waals surface area contributed by atoms with E-state index in [1.54, 1.807) is 0 Å². The number of morpholine rings is 1. The average molecular weight is 306 g/mol. The van der Waals surface area contributed by atoms with E-state index in [4.69, 9.17) is 22.1 Å². The molecule has 1 fully saturated rings. The number of ether oxygens (including phenoxy) is 1. The molecule has 2 rings (SSSR count). The second-order valence-corrected chi connectivity index (χ2v) is 6.12. The molecule has 0 radical (unpaired) electrons. The van der Waals surface area contributed by atoms with Gasteiger partial charge in [0.25, 0.3) is 0 Å². The summed E-state index contributed by atoms with van der Waals surface area (Å²) in [5.74, 6) is -0.761. The van der Waals surface area contributed by atoms with E-state index in [2.05, 4.69) is 4.98 Å².